The summed E-state index contributed by atoms with van der Waals surface area (Å²) in [5.41, 5.74) is -0.273. The van der Waals surface area contributed by atoms with E-state index in [1.807, 2.05) is 0 Å². The van der Waals surface area contributed by atoms with Crippen molar-refractivity contribution in [3.8, 4) is 0 Å². The minimum atomic E-state index is -0.417. The molecule has 3 heteroatoms. The molecule has 1 saturated heterocycles. The molecule has 12 heavy (non-hydrogen) atoms. The highest BCUT2D eigenvalue weighted by Crippen LogP contribution is 2.36. The van der Waals surface area contributed by atoms with Crippen LogP contribution in [-0.2, 0) is 0 Å². The second-order valence-corrected chi connectivity index (χ2v) is 3.84. The molecule has 2 atom stereocenters. The summed E-state index contributed by atoms with van der Waals surface area (Å²) in [6, 6.07) is 0. The second-order valence-electron chi connectivity index (χ2n) is 3.84. The lowest BCUT2D eigenvalue weighted by Crippen LogP contribution is -2.49. The molecule has 0 amide bonds. The van der Waals surface area contributed by atoms with Gasteiger partial charge >= 0.3 is 0 Å². The van der Waals surface area contributed by atoms with E-state index in [2.05, 4.69) is 5.32 Å². The fraction of sp³-hybridized carbons (Fsp3) is 1.00. The number of piperidine rings is 1. The van der Waals surface area contributed by atoms with Gasteiger partial charge in [0, 0.05) is 5.41 Å². The molecule has 0 saturated carbocycles. The molecule has 1 fully saturated rings. The first kappa shape index (κ1) is 9.96. The molecule has 0 bridgehead atoms. The number of aliphatic hydroxyl groups is 2. The number of aliphatic hydroxyl groups excluding tert-OH is 2. The number of hydrogen-bond acceptors (Lipinski definition) is 3. The van der Waals surface area contributed by atoms with Crippen molar-refractivity contribution in [1.82, 2.24) is 5.32 Å². The first-order valence-electron chi connectivity index (χ1n) is 4.66. The molecular weight excluding hydrogens is 154 g/mol. The van der Waals surface area contributed by atoms with E-state index in [1.165, 1.54) is 0 Å². The van der Waals surface area contributed by atoms with Gasteiger partial charge in [-0.15, -0.1) is 0 Å². The van der Waals surface area contributed by atoms with Crippen LogP contribution in [0, 0.1) is 5.41 Å². The van der Waals surface area contributed by atoms with Crippen molar-refractivity contribution in [2.45, 2.75) is 38.9 Å². The molecule has 1 rings (SSSR count). The van der Waals surface area contributed by atoms with Crippen molar-refractivity contribution < 1.29 is 10.2 Å². The molecule has 1 aliphatic rings. The van der Waals surface area contributed by atoms with Crippen molar-refractivity contribution in [3.05, 3.63) is 0 Å². The minimum Gasteiger partial charge on any atom is -0.393 e. The van der Waals surface area contributed by atoms with E-state index < -0.39 is 12.2 Å². The van der Waals surface area contributed by atoms with E-state index in [9.17, 15) is 10.2 Å². The van der Waals surface area contributed by atoms with Crippen LogP contribution in [0.2, 0.25) is 0 Å². The molecule has 0 aromatic carbocycles. The summed E-state index contributed by atoms with van der Waals surface area (Å²) in [7, 11) is 0. The Bertz CT molecular complexity index is 129. The maximum absolute atomic E-state index is 9.61. The lowest BCUT2D eigenvalue weighted by Gasteiger charge is -2.42. The van der Waals surface area contributed by atoms with Crippen molar-refractivity contribution >= 4 is 0 Å². The zero-order chi connectivity index (χ0) is 9.19. The van der Waals surface area contributed by atoms with E-state index in [4.69, 9.17) is 0 Å². The van der Waals surface area contributed by atoms with Gasteiger partial charge in [-0.25, -0.2) is 0 Å². The Hall–Kier alpha value is -0.120. The quantitative estimate of drug-likeness (QED) is 0.556. The van der Waals surface area contributed by atoms with Crippen LogP contribution < -0.4 is 5.32 Å². The van der Waals surface area contributed by atoms with Gasteiger partial charge in [0.15, 0.2) is 0 Å². The van der Waals surface area contributed by atoms with Gasteiger partial charge in [0.1, 0.15) is 0 Å². The van der Waals surface area contributed by atoms with Crippen LogP contribution in [0.1, 0.15) is 26.7 Å². The summed E-state index contributed by atoms with van der Waals surface area (Å²) >= 11 is 0. The van der Waals surface area contributed by atoms with Crippen LogP contribution in [0.25, 0.3) is 0 Å². The van der Waals surface area contributed by atoms with E-state index in [-0.39, 0.29) is 5.41 Å². The highest BCUT2D eigenvalue weighted by Gasteiger charge is 2.40. The van der Waals surface area contributed by atoms with Gasteiger partial charge in [-0.05, 0) is 39.8 Å². The molecule has 2 unspecified atom stereocenters. The van der Waals surface area contributed by atoms with E-state index >= 15 is 0 Å². The highest BCUT2D eigenvalue weighted by molar-refractivity contribution is 4.92. The summed E-state index contributed by atoms with van der Waals surface area (Å²) in [5, 5.41) is 22.4. The lowest BCUT2D eigenvalue weighted by atomic mass is 9.71. The van der Waals surface area contributed by atoms with Gasteiger partial charge in [-0.1, -0.05) is 0 Å². The van der Waals surface area contributed by atoms with Gasteiger partial charge in [0.2, 0.25) is 0 Å². The monoisotopic (exact) mass is 173 g/mol. The largest absolute Gasteiger partial charge is 0.393 e. The van der Waals surface area contributed by atoms with Gasteiger partial charge in [-0.2, -0.15) is 0 Å². The Morgan fingerprint density at radius 3 is 1.75 bits per heavy atom. The predicted octanol–water partition coefficient (Wildman–Crippen LogP) is 0.118. The molecule has 3 N–H and O–H groups in total. The van der Waals surface area contributed by atoms with Gasteiger partial charge in [0.25, 0.3) is 0 Å². The molecule has 3 nitrogen and oxygen atoms in total. The number of hydrogen-bond donors (Lipinski definition) is 3. The molecule has 72 valence electrons. The van der Waals surface area contributed by atoms with Crippen LogP contribution in [0.4, 0.5) is 0 Å². The zero-order valence-corrected chi connectivity index (χ0v) is 7.88. The average molecular weight is 173 g/mol. The smallest absolute Gasteiger partial charge is 0.0593 e. The van der Waals surface area contributed by atoms with E-state index in [1.54, 1.807) is 13.8 Å². The fourth-order valence-electron chi connectivity index (χ4n) is 2.08. The SMILES string of the molecule is CC(O)C1(C(C)O)CCNCC1. The fourth-order valence-corrected chi connectivity index (χ4v) is 2.08. The van der Waals surface area contributed by atoms with Gasteiger partial charge in [-0.3, -0.25) is 0 Å². The Morgan fingerprint density at radius 2 is 1.50 bits per heavy atom. The van der Waals surface area contributed by atoms with Crippen molar-refractivity contribution in [2.75, 3.05) is 13.1 Å². The first-order chi connectivity index (χ1) is 5.59. The third-order valence-electron chi connectivity index (χ3n) is 3.20. The summed E-state index contributed by atoms with van der Waals surface area (Å²) in [6.07, 6.45) is 0.893. The van der Waals surface area contributed by atoms with Crippen molar-refractivity contribution in [1.29, 1.82) is 0 Å². The summed E-state index contributed by atoms with van der Waals surface area (Å²) in [4.78, 5) is 0. The Kier molecular flexibility index (Phi) is 3.09. The number of nitrogens with one attached hydrogen (secondary N) is 1. The molecule has 1 heterocycles. The molecule has 0 aromatic rings. The standard InChI is InChI=1S/C9H19NO2/c1-7(11)9(8(2)12)3-5-10-6-4-9/h7-8,10-12H,3-6H2,1-2H3. The van der Waals surface area contributed by atoms with Gasteiger partial charge < -0.3 is 15.5 Å². The van der Waals surface area contributed by atoms with E-state index in [0.29, 0.717) is 0 Å². The summed E-state index contributed by atoms with van der Waals surface area (Å²) in [6.45, 7) is 5.35. The maximum Gasteiger partial charge on any atom is 0.0593 e. The topological polar surface area (TPSA) is 52.5 Å². The average Bonchev–Trinajstić information content (AvgIpc) is 2.05. The van der Waals surface area contributed by atoms with Crippen LogP contribution in [0.3, 0.4) is 0 Å². The maximum atomic E-state index is 9.61. The third kappa shape index (κ3) is 1.63. The lowest BCUT2D eigenvalue weighted by molar-refractivity contribution is -0.0723. The molecular formula is C9H19NO2. The predicted molar refractivity (Wildman–Crippen MR) is 47.9 cm³/mol. The first-order valence-corrected chi connectivity index (χ1v) is 4.66. The van der Waals surface area contributed by atoms with Crippen LogP contribution in [0.5, 0.6) is 0 Å². The van der Waals surface area contributed by atoms with Crippen LogP contribution in [0.15, 0.2) is 0 Å². The molecule has 0 aromatic heterocycles. The van der Waals surface area contributed by atoms with E-state index in [0.717, 1.165) is 25.9 Å². The normalized spacial score (nSPS) is 28.0. The Labute approximate surface area is 73.8 Å². The third-order valence-corrected chi connectivity index (χ3v) is 3.20. The van der Waals surface area contributed by atoms with Crippen LogP contribution >= 0.6 is 0 Å². The van der Waals surface area contributed by atoms with Crippen molar-refractivity contribution in [3.63, 3.8) is 0 Å². The Morgan fingerprint density at radius 1 is 1.08 bits per heavy atom. The van der Waals surface area contributed by atoms with Crippen molar-refractivity contribution in [2.24, 2.45) is 5.41 Å². The Balaban J connectivity index is 2.70. The molecule has 0 aliphatic carbocycles. The molecule has 0 spiro atoms. The second kappa shape index (κ2) is 3.73. The van der Waals surface area contributed by atoms with Gasteiger partial charge in [0.05, 0.1) is 12.2 Å². The highest BCUT2D eigenvalue weighted by atomic mass is 16.3. The summed E-state index contributed by atoms with van der Waals surface area (Å²) in [5.74, 6) is 0. The molecule has 1 aliphatic heterocycles. The minimum absolute atomic E-state index is 0.273. The number of rotatable bonds is 2. The zero-order valence-electron chi connectivity index (χ0n) is 7.88. The summed E-state index contributed by atoms with van der Waals surface area (Å²) < 4.78 is 0. The van der Waals surface area contributed by atoms with Crippen LogP contribution in [-0.4, -0.2) is 35.5 Å². The molecule has 0 radical (unpaired) electrons.